The first-order valence-electron chi connectivity index (χ1n) is 6.70. The molecule has 0 amide bonds. The van der Waals surface area contributed by atoms with Gasteiger partial charge in [0.2, 0.25) is 0 Å². The second kappa shape index (κ2) is 5.49. The zero-order valence-corrected chi connectivity index (χ0v) is 10.6. The molecule has 1 N–H and O–H groups in total. The Kier molecular flexibility index (Phi) is 4.00. The Hall–Kier alpha value is -0.820. The van der Waals surface area contributed by atoms with Crippen molar-refractivity contribution < 1.29 is 0 Å². The molecule has 1 aliphatic rings. The summed E-state index contributed by atoms with van der Waals surface area (Å²) in [5.41, 5.74) is 4.66. The van der Waals surface area contributed by atoms with Crippen LogP contribution in [0.1, 0.15) is 55.8 Å². The van der Waals surface area contributed by atoms with Gasteiger partial charge < -0.3 is 5.32 Å². The highest BCUT2D eigenvalue weighted by Crippen LogP contribution is 2.27. The molecule has 0 radical (unpaired) electrons. The predicted octanol–water partition coefficient (Wildman–Crippen LogP) is 3.63. The van der Waals surface area contributed by atoms with E-state index in [9.17, 15) is 0 Å². The molecule has 0 fully saturated rings. The largest absolute Gasteiger partial charge is 0.310 e. The zero-order valence-electron chi connectivity index (χ0n) is 10.6. The van der Waals surface area contributed by atoms with Crippen molar-refractivity contribution in [2.45, 2.75) is 52.0 Å². The number of aryl methyl sites for hydroxylation is 2. The molecule has 1 heteroatoms. The fourth-order valence-electron chi connectivity index (χ4n) is 2.73. The summed E-state index contributed by atoms with van der Waals surface area (Å²) in [5, 5.41) is 3.59. The van der Waals surface area contributed by atoms with Crippen LogP contribution in [0.25, 0.3) is 0 Å². The molecule has 1 atom stereocenters. The highest BCUT2D eigenvalue weighted by molar-refractivity contribution is 5.36. The quantitative estimate of drug-likeness (QED) is 0.794. The topological polar surface area (TPSA) is 12.0 Å². The number of benzene rings is 1. The van der Waals surface area contributed by atoms with Gasteiger partial charge in [-0.3, -0.25) is 0 Å². The fourth-order valence-corrected chi connectivity index (χ4v) is 2.73. The van der Waals surface area contributed by atoms with Gasteiger partial charge in [0.05, 0.1) is 0 Å². The Morgan fingerprint density at radius 1 is 1.19 bits per heavy atom. The normalized spacial score (nSPS) is 16.1. The maximum Gasteiger partial charge on any atom is 0.0320 e. The van der Waals surface area contributed by atoms with Crippen LogP contribution < -0.4 is 5.32 Å². The molecule has 2 rings (SSSR count). The smallest absolute Gasteiger partial charge is 0.0320 e. The second-order valence-corrected chi connectivity index (χ2v) is 4.78. The molecule has 0 aliphatic heterocycles. The summed E-state index contributed by atoms with van der Waals surface area (Å²) in [5.74, 6) is 0. The van der Waals surface area contributed by atoms with E-state index in [0.717, 1.165) is 6.54 Å². The SMILES string of the molecule is CCCC(NCC)c1ccc2c(c1)CCC2. The van der Waals surface area contributed by atoms with E-state index in [2.05, 4.69) is 37.4 Å². The summed E-state index contributed by atoms with van der Waals surface area (Å²) in [4.78, 5) is 0. The molecule has 16 heavy (non-hydrogen) atoms. The van der Waals surface area contributed by atoms with Crippen LogP contribution in [0.4, 0.5) is 0 Å². The number of hydrogen-bond donors (Lipinski definition) is 1. The maximum absolute atomic E-state index is 3.59. The first-order valence-corrected chi connectivity index (χ1v) is 6.70. The summed E-state index contributed by atoms with van der Waals surface area (Å²) in [6.07, 6.45) is 6.41. The van der Waals surface area contributed by atoms with Crippen LogP contribution in [-0.2, 0) is 12.8 Å². The maximum atomic E-state index is 3.59. The third kappa shape index (κ3) is 2.46. The van der Waals surface area contributed by atoms with Crippen molar-refractivity contribution in [3.8, 4) is 0 Å². The molecule has 0 saturated carbocycles. The molecule has 1 unspecified atom stereocenters. The molecule has 1 aliphatic carbocycles. The van der Waals surface area contributed by atoms with Gasteiger partial charge >= 0.3 is 0 Å². The van der Waals surface area contributed by atoms with Gasteiger partial charge in [0, 0.05) is 6.04 Å². The highest BCUT2D eigenvalue weighted by Gasteiger charge is 2.14. The Labute approximate surface area is 99.3 Å². The van der Waals surface area contributed by atoms with E-state index in [0.29, 0.717) is 6.04 Å². The van der Waals surface area contributed by atoms with Crippen molar-refractivity contribution in [2.75, 3.05) is 6.54 Å². The van der Waals surface area contributed by atoms with Crippen LogP contribution in [0, 0.1) is 0 Å². The third-order valence-electron chi connectivity index (χ3n) is 3.55. The number of rotatable bonds is 5. The van der Waals surface area contributed by atoms with E-state index in [1.807, 2.05) is 0 Å². The molecule has 0 aromatic heterocycles. The Balaban J connectivity index is 2.17. The van der Waals surface area contributed by atoms with Crippen LogP contribution in [0.3, 0.4) is 0 Å². The van der Waals surface area contributed by atoms with Gasteiger partial charge in [0.25, 0.3) is 0 Å². The minimum absolute atomic E-state index is 0.556. The van der Waals surface area contributed by atoms with Gasteiger partial charge in [-0.15, -0.1) is 0 Å². The van der Waals surface area contributed by atoms with E-state index in [4.69, 9.17) is 0 Å². The van der Waals surface area contributed by atoms with Crippen LogP contribution in [0.5, 0.6) is 0 Å². The second-order valence-electron chi connectivity index (χ2n) is 4.78. The standard InChI is InChI=1S/C15H23N/c1-3-6-15(16-4-2)14-10-9-12-7-5-8-13(12)11-14/h9-11,15-16H,3-8H2,1-2H3. The first-order chi connectivity index (χ1) is 7.85. The minimum atomic E-state index is 0.556. The average Bonchev–Trinajstić information content (AvgIpc) is 2.75. The Bertz CT molecular complexity index is 337. The predicted molar refractivity (Wildman–Crippen MR) is 69.8 cm³/mol. The lowest BCUT2D eigenvalue weighted by molar-refractivity contribution is 0.509. The monoisotopic (exact) mass is 217 g/mol. The number of nitrogens with one attached hydrogen (secondary N) is 1. The molecular weight excluding hydrogens is 194 g/mol. The Morgan fingerprint density at radius 2 is 2.00 bits per heavy atom. The summed E-state index contributed by atoms with van der Waals surface area (Å²) < 4.78 is 0. The summed E-state index contributed by atoms with van der Waals surface area (Å²) in [7, 11) is 0. The van der Waals surface area contributed by atoms with Crippen molar-refractivity contribution in [1.82, 2.24) is 5.32 Å². The highest BCUT2D eigenvalue weighted by atomic mass is 14.9. The van der Waals surface area contributed by atoms with Crippen molar-refractivity contribution in [2.24, 2.45) is 0 Å². The van der Waals surface area contributed by atoms with Crippen molar-refractivity contribution in [1.29, 1.82) is 0 Å². The van der Waals surface area contributed by atoms with Gasteiger partial charge in [-0.05, 0) is 48.9 Å². The lowest BCUT2D eigenvalue weighted by Crippen LogP contribution is -2.20. The summed E-state index contributed by atoms with van der Waals surface area (Å²) in [6, 6.07) is 7.66. The van der Waals surface area contributed by atoms with Crippen LogP contribution in [0.15, 0.2) is 18.2 Å². The van der Waals surface area contributed by atoms with Gasteiger partial charge in [-0.1, -0.05) is 38.5 Å². The summed E-state index contributed by atoms with van der Waals surface area (Å²) >= 11 is 0. The Morgan fingerprint density at radius 3 is 2.75 bits per heavy atom. The van der Waals surface area contributed by atoms with Gasteiger partial charge in [0.1, 0.15) is 0 Å². The van der Waals surface area contributed by atoms with Gasteiger partial charge in [-0.25, -0.2) is 0 Å². The number of fused-ring (bicyclic) bond motifs is 1. The molecule has 1 aromatic rings. The van der Waals surface area contributed by atoms with Crippen molar-refractivity contribution in [3.05, 3.63) is 34.9 Å². The van der Waals surface area contributed by atoms with Crippen LogP contribution in [0.2, 0.25) is 0 Å². The third-order valence-corrected chi connectivity index (χ3v) is 3.55. The van der Waals surface area contributed by atoms with E-state index in [-0.39, 0.29) is 0 Å². The van der Waals surface area contributed by atoms with Crippen LogP contribution in [-0.4, -0.2) is 6.54 Å². The first kappa shape index (κ1) is 11.7. The molecule has 0 bridgehead atoms. The van der Waals surface area contributed by atoms with Crippen molar-refractivity contribution in [3.63, 3.8) is 0 Å². The molecule has 1 nitrogen and oxygen atoms in total. The van der Waals surface area contributed by atoms with Crippen molar-refractivity contribution >= 4 is 0 Å². The molecule has 0 spiro atoms. The lowest BCUT2D eigenvalue weighted by Gasteiger charge is -2.18. The van der Waals surface area contributed by atoms with E-state index < -0.39 is 0 Å². The minimum Gasteiger partial charge on any atom is -0.310 e. The molecule has 0 saturated heterocycles. The summed E-state index contributed by atoms with van der Waals surface area (Å²) in [6.45, 7) is 5.51. The molecular formula is C15H23N. The number of hydrogen-bond acceptors (Lipinski definition) is 1. The molecule has 0 heterocycles. The molecule has 1 aromatic carbocycles. The van der Waals surface area contributed by atoms with Gasteiger partial charge in [0.15, 0.2) is 0 Å². The van der Waals surface area contributed by atoms with E-state index >= 15 is 0 Å². The molecule has 88 valence electrons. The van der Waals surface area contributed by atoms with E-state index in [1.54, 1.807) is 11.1 Å². The lowest BCUT2D eigenvalue weighted by atomic mass is 9.98. The zero-order chi connectivity index (χ0) is 11.4. The fraction of sp³-hybridized carbons (Fsp3) is 0.600. The van der Waals surface area contributed by atoms with Gasteiger partial charge in [-0.2, -0.15) is 0 Å². The van der Waals surface area contributed by atoms with E-state index in [1.165, 1.54) is 37.7 Å². The van der Waals surface area contributed by atoms with Crippen LogP contribution >= 0.6 is 0 Å². The average molecular weight is 217 g/mol.